The Morgan fingerprint density at radius 1 is 1.13 bits per heavy atom. The molecule has 0 saturated carbocycles. The number of rotatable bonds is 5. The molecule has 1 aliphatic rings. The van der Waals surface area contributed by atoms with Gasteiger partial charge in [-0.1, -0.05) is 12.1 Å². The molecule has 3 nitrogen and oxygen atoms in total. The van der Waals surface area contributed by atoms with E-state index in [-0.39, 0.29) is 0 Å². The van der Waals surface area contributed by atoms with Crippen molar-refractivity contribution in [2.75, 3.05) is 26.2 Å². The molecule has 7 heteroatoms. The van der Waals surface area contributed by atoms with Gasteiger partial charge in [0, 0.05) is 32.2 Å². The lowest BCUT2D eigenvalue weighted by molar-refractivity contribution is -0.148. The fourth-order valence-electron chi connectivity index (χ4n) is 2.78. The predicted molar refractivity (Wildman–Crippen MR) is 88.3 cm³/mol. The number of piperazine rings is 1. The van der Waals surface area contributed by atoms with Gasteiger partial charge in [-0.25, -0.2) is 0 Å². The first-order valence-electron chi connectivity index (χ1n) is 7.94. The Morgan fingerprint density at radius 3 is 2.17 bits per heavy atom. The van der Waals surface area contributed by atoms with E-state index in [0.717, 1.165) is 18.8 Å². The molecule has 1 fully saturated rings. The van der Waals surface area contributed by atoms with Crippen LogP contribution in [0.3, 0.4) is 0 Å². The smallest absolute Gasteiger partial charge is 0.390 e. The first kappa shape index (κ1) is 18.3. The second kappa shape index (κ2) is 7.23. The van der Waals surface area contributed by atoms with Gasteiger partial charge in [0.15, 0.2) is 0 Å². The largest absolute Gasteiger partial charge is 0.544 e. The van der Waals surface area contributed by atoms with Crippen molar-refractivity contribution in [2.24, 2.45) is 0 Å². The van der Waals surface area contributed by atoms with Crippen LogP contribution in [0.15, 0.2) is 24.3 Å². The molecule has 1 N–H and O–H groups in total. The zero-order valence-corrected chi connectivity index (χ0v) is 14.9. The van der Waals surface area contributed by atoms with Crippen molar-refractivity contribution < 1.29 is 17.6 Å². The molecular weight excluding hydrogens is 321 g/mol. The fraction of sp³-hybridized carbons (Fsp3) is 0.625. The summed E-state index contributed by atoms with van der Waals surface area (Å²) >= 11 is 0. The molecule has 2 rings (SSSR count). The maximum atomic E-state index is 13.0. The van der Waals surface area contributed by atoms with Gasteiger partial charge in [-0.15, -0.1) is 0 Å². The lowest BCUT2D eigenvalue weighted by Crippen LogP contribution is -2.46. The summed E-state index contributed by atoms with van der Waals surface area (Å²) in [6.45, 7) is 8.95. The van der Waals surface area contributed by atoms with E-state index in [0.29, 0.717) is 18.7 Å². The monoisotopic (exact) mass is 346 g/mol. The molecule has 0 aliphatic carbocycles. The molecule has 0 bridgehead atoms. The SMILES string of the molecule is C[Si](C)(C)Oc1ccc([C@H](CC(F)(F)F)N2CCNCC2)cc1. The Labute approximate surface area is 136 Å². The summed E-state index contributed by atoms with van der Waals surface area (Å²) in [7, 11) is -1.71. The van der Waals surface area contributed by atoms with Gasteiger partial charge >= 0.3 is 6.18 Å². The van der Waals surface area contributed by atoms with Gasteiger partial charge in [0.05, 0.1) is 6.42 Å². The van der Waals surface area contributed by atoms with Crippen LogP contribution in [0.1, 0.15) is 18.0 Å². The molecule has 1 heterocycles. The van der Waals surface area contributed by atoms with Crippen LogP contribution in [0.25, 0.3) is 0 Å². The standard InChI is InChI=1S/C16H25F3N2OSi/c1-23(2,3)22-14-6-4-13(5-7-14)15(12-16(17,18)19)21-10-8-20-9-11-21/h4-7,15,20H,8-12H2,1-3H3/t15-/m0/s1. The molecule has 23 heavy (non-hydrogen) atoms. The Morgan fingerprint density at radius 2 is 1.70 bits per heavy atom. The van der Waals surface area contributed by atoms with Crippen molar-refractivity contribution in [1.29, 1.82) is 0 Å². The van der Waals surface area contributed by atoms with E-state index in [9.17, 15) is 13.2 Å². The third-order valence-electron chi connectivity index (χ3n) is 3.71. The molecule has 1 saturated heterocycles. The maximum Gasteiger partial charge on any atom is 0.390 e. The topological polar surface area (TPSA) is 24.5 Å². The normalized spacial score (nSPS) is 18.7. The molecule has 1 aliphatic heterocycles. The number of alkyl halides is 3. The molecule has 1 aromatic carbocycles. The highest BCUT2D eigenvalue weighted by Gasteiger charge is 2.36. The van der Waals surface area contributed by atoms with Crippen molar-refractivity contribution in [2.45, 2.75) is 38.3 Å². The molecule has 0 amide bonds. The highest BCUT2D eigenvalue weighted by molar-refractivity contribution is 6.70. The molecule has 1 atom stereocenters. The van der Waals surface area contributed by atoms with E-state index in [2.05, 4.69) is 25.0 Å². The minimum Gasteiger partial charge on any atom is -0.544 e. The van der Waals surface area contributed by atoms with E-state index in [4.69, 9.17) is 4.43 Å². The number of hydrogen-bond acceptors (Lipinski definition) is 3. The van der Waals surface area contributed by atoms with E-state index >= 15 is 0 Å². The van der Waals surface area contributed by atoms with Gasteiger partial charge in [0.2, 0.25) is 8.32 Å². The van der Waals surface area contributed by atoms with Crippen LogP contribution in [0.4, 0.5) is 13.2 Å². The summed E-state index contributed by atoms with van der Waals surface area (Å²) in [5.41, 5.74) is 0.701. The highest BCUT2D eigenvalue weighted by atomic mass is 28.4. The fourth-order valence-corrected chi connectivity index (χ4v) is 3.63. The Kier molecular flexibility index (Phi) is 5.75. The van der Waals surface area contributed by atoms with Crippen LogP contribution >= 0.6 is 0 Å². The van der Waals surface area contributed by atoms with Gasteiger partial charge in [0.1, 0.15) is 5.75 Å². The predicted octanol–water partition coefficient (Wildman–Crippen LogP) is 3.80. The van der Waals surface area contributed by atoms with Crippen molar-refractivity contribution in [3.8, 4) is 5.75 Å². The Bertz CT molecular complexity index is 494. The number of nitrogens with one attached hydrogen (secondary N) is 1. The quantitative estimate of drug-likeness (QED) is 0.821. The number of hydrogen-bond donors (Lipinski definition) is 1. The molecular formula is C16H25F3N2OSi. The van der Waals surface area contributed by atoms with Crippen molar-refractivity contribution >= 4 is 8.32 Å². The van der Waals surface area contributed by atoms with Gasteiger partial charge < -0.3 is 9.74 Å². The van der Waals surface area contributed by atoms with Gasteiger partial charge in [-0.3, -0.25) is 4.90 Å². The second-order valence-corrected chi connectivity index (χ2v) is 11.3. The van der Waals surface area contributed by atoms with Crippen LogP contribution in [0.2, 0.25) is 19.6 Å². The first-order valence-corrected chi connectivity index (χ1v) is 11.4. The average molecular weight is 346 g/mol. The average Bonchev–Trinajstić information content (AvgIpc) is 2.44. The summed E-state index contributed by atoms with van der Waals surface area (Å²) in [5, 5.41) is 3.18. The minimum atomic E-state index is -4.18. The van der Waals surface area contributed by atoms with Crippen LogP contribution in [-0.2, 0) is 0 Å². The molecule has 0 aromatic heterocycles. The molecule has 0 unspecified atom stereocenters. The number of nitrogens with zero attached hydrogens (tertiary/aromatic N) is 1. The number of halogens is 3. The summed E-state index contributed by atoms with van der Waals surface area (Å²) < 4.78 is 44.8. The second-order valence-electron chi connectivity index (χ2n) is 6.90. The third kappa shape index (κ3) is 6.16. The summed E-state index contributed by atoms with van der Waals surface area (Å²) in [6.07, 6.45) is -5.00. The molecule has 130 valence electrons. The maximum absolute atomic E-state index is 13.0. The van der Waals surface area contributed by atoms with Gasteiger partial charge in [0.25, 0.3) is 0 Å². The minimum absolute atomic E-state index is 0.627. The lowest BCUT2D eigenvalue weighted by atomic mass is 10.0. The van der Waals surface area contributed by atoms with Crippen molar-refractivity contribution in [3.05, 3.63) is 29.8 Å². The zero-order chi connectivity index (χ0) is 17.1. The van der Waals surface area contributed by atoms with Crippen LogP contribution in [-0.4, -0.2) is 45.6 Å². The Balaban J connectivity index is 2.17. The van der Waals surface area contributed by atoms with Gasteiger partial charge in [-0.2, -0.15) is 13.2 Å². The van der Waals surface area contributed by atoms with E-state index in [1.807, 2.05) is 4.90 Å². The summed E-state index contributed by atoms with van der Waals surface area (Å²) in [5.74, 6) is 0.735. The third-order valence-corrected chi connectivity index (χ3v) is 4.55. The van der Waals surface area contributed by atoms with Gasteiger partial charge in [-0.05, 0) is 37.3 Å². The van der Waals surface area contributed by atoms with Crippen LogP contribution < -0.4 is 9.74 Å². The summed E-state index contributed by atoms with van der Waals surface area (Å²) in [6, 6.07) is 6.50. The van der Waals surface area contributed by atoms with E-state index in [1.54, 1.807) is 24.3 Å². The first-order chi connectivity index (χ1) is 10.6. The lowest BCUT2D eigenvalue weighted by Gasteiger charge is -2.35. The van der Waals surface area contributed by atoms with Crippen molar-refractivity contribution in [1.82, 2.24) is 10.2 Å². The molecule has 0 radical (unpaired) electrons. The zero-order valence-electron chi connectivity index (χ0n) is 13.9. The molecule has 1 aromatic rings. The van der Waals surface area contributed by atoms with Crippen LogP contribution in [0.5, 0.6) is 5.75 Å². The Hall–Kier alpha value is -1.05. The van der Waals surface area contributed by atoms with Crippen LogP contribution in [0, 0.1) is 0 Å². The molecule has 0 spiro atoms. The number of benzene rings is 1. The van der Waals surface area contributed by atoms with E-state index in [1.165, 1.54) is 0 Å². The summed E-state index contributed by atoms with van der Waals surface area (Å²) in [4.78, 5) is 1.92. The van der Waals surface area contributed by atoms with E-state index < -0.39 is 27.0 Å². The highest BCUT2D eigenvalue weighted by Crippen LogP contribution is 2.34. The van der Waals surface area contributed by atoms with Crippen molar-refractivity contribution in [3.63, 3.8) is 0 Å².